The van der Waals surface area contributed by atoms with Gasteiger partial charge in [-0.15, -0.1) is 0 Å². The third kappa shape index (κ3) is 1.35. The first-order chi connectivity index (χ1) is 4.33. The summed E-state index contributed by atoms with van der Waals surface area (Å²) >= 11 is 0. The first-order valence-electron chi connectivity index (χ1n) is 2.62. The van der Waals surface area contributed by atoms with Crippen LogP contribution in [0, 0.1) is 11.8 Å². The van der Waals surface area contributed by atoms with Gasteiger partial charge < -0.3 is 4.98 Å². The smallest absolute Gasteiger partial charge is 0.139 e. The lowest BCUT2D eigenvalue weighted by Crippen LogP contribution is -1.81. The molecule has 0 unspecified atom stereocenters. The highest BCUT2D eigenvalue weighted by Gasteiger charge is 1.93. The fourth-order valence-electron chi connectivity index (χ4n) is 0.608. The second kappa shape index (κ2) is 2.39. The van der Waals surface area contributed by atoms with Crippen LogP contribution in [0.15, 0.2) is 11.4 Å². The predicted molar refractivity (Wildman–Crippen MR) is 32.8 cm³/mol. The summed E-state index contributed by atoms with van der Waals surface area (Å²) in [5.41, 5.74) is 0.952. The van der Waals surface area contributed by atoms with Crippen LogP contribution in [0.3, 0.4) is 0 Å². The van der Waals surface area contributed by atoms with Crippen molar-refractivity contribution in [3.63, 3.8) is 0 Å². The number of aromatic nitrogens is 2. The van der Waals surface area contributed by atoms with E-state index in [0.29, 0.717) is 5.82 Å². The van der Waals surface area contributed by atoms with Crippen molar-refractivity contribution < 1.29 is 0 Å². The molecule has 0 aliphatic heterocycles. The summed E-state index contributed by atoms with van der Waals surface area (Å²) in [6, 6.07) is 0. The van der Waals surface area contributed by atoms with Crippen LogP contribution >= 0.6 is 0 Å². The zero-order valence-corrected chi connectivity index (χ0v) is 5.09. The Hall–Kier alpha value is -1.19. The standard InChI is InChI=1S/C5H7N3O/c1-4-2-6-5(8-4)3-7-9/h2H,3H2,1H3,(H,6,8). The second-order valence-corrected chi connectivity index (χ2v) is 1.80. The molecule has 1 aromatic heterocycles. The van der Waals surface area contributed by atoms with Crippen LogP contribution in [0.5, 0.6) is 0 Å². The van der Waals surface area contributed by atoms with Crippen molar-refractivity contribution in [3.05, 3.63) is 22.6 Å². The van der Waals surface area contributed by atoms with Crippen molar-refractivity contribution in [2.24, 2.45) is 5.18 Å². The van der Waals surface area contributed by atoms with E-state index in [0.717, 1.165) is 5.69 Å². The van der Waals surface area contributed by atoms with Crippen LogP contribution < -0.4 is 0 Å². The lowest BCUT2D eigenvalue weighted by Gasteiger charge is -1.80. The minimum Gasteiger partial charge on any atom is -0.344 e. The lowest BCUT2D eigenvalue weighted by atomic mass is 10.6. The Kier molecular flexibility index (Phi) is 1.58. The van der Waals surface area contributed by atoms with Gasteiger partial charge in [0.25, 0.3) is 0 Å². The van der Waals surface area contributed by atoms with Crippen molar-refractivity contribution in [1.82, 2.24) is 9.97 Å². The summed E-state index contributed by atoms with van der Waals surface area (Å²) in [6.45, 7) is 2.01. The largest absolute Gasteiger partial charge is 0.344 e. The lowest BCUT2D eigenvalue weighted by molar-refractivity contribution is 0.936. The minimum absolute atomic E-state index is 0.133. The van der Waals surface area contributed by atoms with Gasteiger partial charge in [-0.25, -0.2) is 4.98 Å². The number of nitroso groups, excluding NO2 is 1. The molecule has 48 valence electrons. The highest BCUT2D eigenvalue weighted by Crippen LogP contribution is 1.94. The van der Waals surface area contributed by atoms with E-state index in [4.69, 9.17) is 0 Å². The molecule has 0 saturated heterocycles. The average molecular weight is 125 g/mol. The molecule has 1 aromatic rings. The molecular formula is C5H7N3O. The van der Waals surface area contributed by atoms with Gasteiger partial charge in [0.15, 0.2) is 0 Å². The van der Waals surface area contributed by atoms with Crippen LogP contribution in [0.25, 0.3) is 0 Å². The van der Waals surface area contributed by atoms with Gasteiger partial charge in [0, 0.05) is 11.9 Å². The minimum atomic E-state index is 0.133. The molecule has 1 rings (SSSR count). The van der Waals surface area contributed by atoms with Crippen molar-refractivity contribution in [1.29, 1.82) is 0 Å². The van der Waals surface area contributed by atoms with Gasteiger partial charge in [-0.3, -0.25) is 0 Å². The van der Waals surface area contributed by atoms with Gasteiger partial charge in [0.2, 0.25) is 0 Å². The van der Waals surface area contributed by atoms with Gasteiger partial charge in [-0.2, -0.15) is 4.91 Å². The van der Waals surface area contributed by atoms with E-state index in [1.807, 2.05) is 6.92 Å². The van der Waals surface area contributed by atoms with Crippen LogP contribution in [0.4, 0.5) is 0 Å². The van der Waals surface area contributed by atoms with Gasteiger partial charge in [0.05, 0.1) is 0 Å². The van der Waals surface area contributed by atoms with E-state index in [2.05, 4.69) is 15.1 Å². The molecule has 4 heteroatoms. The van der Waals surface area contributed by atoms with E-state index >= 15 is 0 Å². The van der Waals surface area contributed by atoms with Crippen LogP contribution in [0.2, 0.25) is 0 Å². The fraction of sp³-hybridized carbons (Fsp3) is 0.400. The van der Waals surface area contributed by atoms with Crippen molar-refractivity contribution in [3.8, 4) is 0 Å². The Morgan fingerprint density at radius 3 is 3.11 bits per heavy atom. The Labute approximate surface area is 52.3 Å². The summed E-state index contributed by atoms with van der Waals surface area (Å²) in [5, 5.41) is 2.68. The first-order valence-corrected chi connectivity index (χ1v) is 2.62. The Balaban J connectivity index is 2.72. The van der Waals surface area contributed by atoms with Crippen LogP contribution in [-0.2, 0) is 6.54 Å². The maximum Gasteiger partial charge on any atom is 0.139 e. The average Bonchev–Trinajstić information content (AvgIpc) is 2.17. The van der Waals surface area contributed by atoms with Crippen LogP contribution in [-0.4, -0.2) is 9.97 Å². The summed E-state index contributed by atoms with van der Waals surface area (Å²) < 4.78 is 0. The maximum absolute atomic E-state index is 9.67. The summed E-state index contributed by atoms with van der Waals surface area (Å²) in [5.74, 6) is 0.627. The molecule has 0 fully saturated rings. The Bertz CT molecular complexity index is 206. The number of aryl methyl sites for hydroxylation is 1. The highest BCUT2D eigenvalue weighted by molar-refractivity contribution is 4.97. The molecule has 0 radical (unpaired) electrons. The topological polar surface area (TPSA) is 58.1 Å². The number of nitrogens with zero attached hydrogens (tertiary/aromatic N) is 2. The molecule has 0 atom stereocenters. The molecule has 0 bridgehead atoms. The van der Waals surface area contributed by atoms with Crippen molar-refractivity contribution in [2.45, 2.75) is 13.5 Å². The molecule has 0 spiro atoms. The zero-order chi connectivity index (χ0) is 6.69. The zero-order valence-electron chi connectivity index (χ0n) is 5.09. The number of aromatic amines is 1. The van der Waals surface area contributed by atoms with Crippen LogP contribution in [0.1, 0.15) is 11.5 Å². The molecule has 0 saturated carbocycles. The second-order valence-electron chi connectivity index (χ2n) is 1.80. The molecule has 4 nitrogen and oxygen atoms in total. The predicted octanol–water partition coefficient (Wildman–Crippen LogP) is 0.985. The molecule has 0 aliphatic rings. The number of nitrogens with one attached hydrogen (secondary N) is 1. The van der Waals surface area contributed by atoms with E-state index in [-0.39, 0.29) is 6.54 Å². The SMILES string of the molecule is Cc1cnc(CN=O)[nH]1. The van der Waals surface area contributed by atoms with Gasteiger partial charge in [0.1, 0.15) is 12.4 Å². The summed E-state index contributed by atoms with van der Waals surface area (Å²) in [4.78, 5) is 16.4. The molecule has 0 aromatic carbocycles. The number of rotatable bonds is 2. The highest BCUT2D eigenvalue weighted by atomic mass is 16.3. The van der Waals surface area contributed by atoms with E-state index in [1.54, 1.807) is 6.20 Å². The molecule has 0 amide bonds. The monoisotopic (exact) mass is 125 g/mol. The quantitative estimate of drug-likeness (QED) is 0.599. The van der Waals surface area contributed by atoms with Crippen molar-refractivity contribution >= 4 is 0 Å². The van der Waals surface area contributed by atoms with Gasteiger partial charge in [-0.1, -0.05) is 5.18 Å². The van der Waals surface area contributed by atoms with Crippen molar-refractivity contribution in [2.75, 3.05) is 0 Å². The Morgan fingerprint density at radius 1 is 1.89 bits per heavy atom. The van der Waals surface area contributed by atoms with E-state index in [1.165, 1.54) is 0 Å². The maximum atomic E-state index is 9.67. The number of H-pyrrole nitrogens is 1. The van der Waals surface area contributed by atoms with Gasteiger partial charge >= 0.3 is 0 Å². The summed E-state index contributed by atoms with van der Waals surface area (Å²) in [7, 11) is 0. The molecule has 9 heavy (non-hydrogen) atoms. The third-order valence-electron chi connectivity index (χ3n) is 0.970. The molecular weight excluding hydrogens is 118 g/mol. The number of hydrogen-bond acceptors (Lipinski definition) is 3. The molecule has 0 aliphatic carbocycles. The Morgan fingerprint density at radius 2 is 2.67 bits per heavy atom. The number of hydrogen-bond donors (Lipinski definition) is 1. The first kappa shape index (κ1) is 5.94. The van der Waals surface area contributed by atoms with Gasteiger partial charge in [-0.05, 0) is 6.92 Å². The van der Waals surface area contributed by atoms with E-state index in [9.17, 15) is 4.91 Å². The normalized spacial score (nSPS) is 9.44. The fourth-order valence-corrected chi connectivity index (χ4v) is 0.608. The number of imidazole rings is 1. The molecule has 1 heterocycles. The summed E-state index contributed by atoms with van der Waals surface area (Å²) in [6.07, 6.45) is 1.67. The molecule has 1 N–H and O–H groups in total. The third-order valence-corrected chi connectivity index (χ3v) is 0.970. The van der Waals surface area contributed by atoms with E-state index < -0.39 is 0 Å².